The van der Waals surface area contributed by atoms with Gasteiger partial charge in [0.2, 0.25) is 5.91 Å². The van der Waals surface area contributed by atoms with Crippen LogP contribution in [0.1, 0.15) is 39.0 Å². The van der Waals surface area contributed by atoms with Crippen molar-refractivity contribution >= 4 is 17.6 Å². The molecule has 0 radical (unpaired) electrons. The molecule has 3 rings (SSSR count). The Hall–Kier alpha value is -2.15. The van der Waals surface area contributed by atoms with E-state index in [1.165, 1.54) is 0 Å². The zero-order valence-corrected chi connectivity index (χ0v) is 14.5. The van der Waals surface area contributed by atoms with E-state index < -0.39 is 12.1 Å². The molecule has 2 amide bonds. The fourth-order valence-corrected chi connectivity index (χ4v) is 3.47. The smallest absolute Gasteiger partial charge is 0.261 e. The fraction of sp³-hybridized carbons (Fsp3) is 0.611. The summed E-state index contributed by atoms with van der Waals surface area (Å²) in [5, 5.41) is 5.50. The Morgan fingerprint density at radius 3 is 2.80 bits per heavy atom. The van der Waals surface area contributed by atoms with Gasteiger partial charge in [-0.2, -0.15) is 0 Å². The van der Waals surface area contributed by atoms with Crippen LogP contribution in [0.2, 0.25) is 0 Å². The van der Waals surface area contributed by atoms with Gasteiger partial charge < -0.3 is 21.1 Å². The Morgan fingerprint density at radius 2 is 2.12 bits per heavy atom. The Kier molecular flexibility index (Phi) is 5.53. The number of anilines is 1. The van der Waals surface area contributed by atoms with Crippen molar-refractivity contribution in [2.45, 2.75) is 51.2 Å². The molecular weight excluding hydrogens is 320 g/mol. The molecule has 1 aromatic rings. The van der Waals surface area contributed by atoms with Crippen molar-refractivity contribution in [2.24, 2.45) is 17.6 Å². The monoisotopic (exact) mass is 346 g/mol. The number of nitrogens with zero attached hydrogens (tertiary/aromatic N) is 1. The zero-order valence-electron chi connectivity index (χ0n) is 14.5. The minimum atomic E-state index is -0.528. The summed E-state index contributed by atoms with van der Waals surface area (Å²) < 4.78 is 5.66. The van der Waals surface area contributed by atoms with Crippen molar-refractivity contribution in [3.8, 4) is 5.75 Å². The average molecular weight is 346 g/mol. The van der Waals surface area contributed by atoms with Gasteiger partial charge in [0.1, 0.15) is 11.6 Å². The van der Waals surface area contributed by atoms with E-state index in [4.69, 9.17) is 10.5 Å². The van der Waals surface area contributed by atoms with E-state index in [0.717, 1.165) is 31.6 Å². The van der Waals surface area contributed by atoms with Crippen LogP contribution in [0.15, 0.2) is 18.3 Å². The van der Waals surface area contributed by atoms with E-state index in [1.807, 2.05) is 0 Å². The molecule has 1 aliphatic heterocycles. The van der Waals surface area contributed by atoms with Crippen molar-refractivity contribution < 1.29 is 14.3 Å². The number of amides is 2. The lowest BCUT2D eigenvalue weighted by Crippen LogP contribution is -2.43. The Labute approximate surface area is 147 Å². The van der Waals surface area contributed by atoms with Crippen molar-refractivity contribution in [2.75, 3.05) is 11.9 Å². The molecule has 1 aliphatic carbocycles. The SMILES string of the molecule is CC1CCC([C@H](N)C(=O)Nc2cc(OC3CCNC3=O)ccn2)CC1. The topological polar surface area (TPSA) is 106 Å². The maximum absolute atomic E-state index is 12.4. The van der Waals surface area contributed by atoms with Gasteiger partial charge in [-0.05, 0) is 30.7 Å². The van der Waals surface area contributed by atoms with Crippen molar-refractivity contribution in [3.05, 3.63) is 18.3 Å². The van der Waals surface area contributed by atoms with Crippen LogP contribution in [0.3, 0.4) is 0 Å². The molecule has 1 saturated carbocycles. The summed E-state index contributed by atoms with van der Waals surface area (Å²) in [4.78, 5) is 28.2. The summed E-state index contributed by atoms with van der Waals surface area (Å²) in [5.74, 6) is 1.50. The molecule has 136 valence electrons. The van der Waals surface area contributed by atoms with Gasteiger partial charge in [-0.3, -0.25) is 9.59 Å². The van der Waals surface area contributed by atoms with E-state index in [2.05, 4.69) is 22.5 Å². The summed E-state index contributed by atoms with van der Waals surface area (Å²) in [5.41, 5.74) is 6.15. The highest BCUT2D eigenvalue weighted by atomic mass is 16.5. The Balaban J connectivity index is 1.57. The number of hydrogen-bond acceptors (Lipinski definition) is 5. The minimum Gasteiger partial charge on any atom is -0.480 e. The lowest BCUT2D eigenvalue weighted by atomic mass is 9.79. The fourth-order valence-electron chi connectivity index (χ4n) is 3.47. The van der Waals surface area contributed by atoms with Gasteiger partial charge >= 0.3 is 0 Å². The highest BCUT2D eigenvalue weighted by molar-refractivity contribution is 5.94. The standard InChI is InChI=1S/C18H26N4O3/c1-11-2-4-12(5-3-11)16(19)18(24)22-15-10-13(6-8-20-15)25-14-7-9-21-17(14)23/h6,8,10-12,14,16H,2-5,7,9,19H2,1H3,(H,21,23)(H,20,22,24)/t11?,12?,14?,16-/m0/s1. The first-order valence-corrected chi connectivity index (χ1v) is 9.00. The van der Waals surface area contributed by atoms with E-state index in [-0.39, 0.29) is 17.7 Å². The van der Waals surface area contributed by atoms with Crippen LogP contribution in [0, 0.1) is 11.8 Å². The highest BCUT2D eigenvalue weighted by Crippen LogP contribution is 2.30. The van der Waals surface area contributed by atoms with Crippen LogP contribution in [0.4, 0.5) is 5.82 Å². The molecule has 1 unspecified atom stereocenters. The molecule has 7 nitrogen and oxygen atoms in total. The first kappa shape index (κ1) is 17.7. The first-order chi connectivity index (χ1) is 12.0. The van der Waals surface area contributed by atoms with Gasteiger partial charge in [0.25, 0.3) is 5.91 Å². The van der Waals surface area contributed by atoms with Gasteiger partial charge in [-0.15, -0.1) is 0 Å². The summed E-state index contributed by atoms with van der Waals surface area (Å²) >= 11 is 0. The molecule has 1 saturated heterocycles. The zero-order chi connectivity index (χ0) is 17.8. The molecule has 2 atom stereocenters. The molecular formula is C18H26N4O3. The summed E-state index contributed by atoms with van der Waals surface area (Å²) in [7, 11) is 0. The lowest BCUT2D eigenvalue weighted by Gasteiger charge is -2.29. The van der Waals surface area contributed by atoms with E-state index in [0.29, 0.717) is 24.5 Å². The van der Waals surface area contributed by atoms with Crippen LogP contribution in [-0.4, -0.2) is 35.5 Å². The average Bonchev–Trinajstić information content (AvgIpc) is 3.00. The number of ether oxygens (including phenoxy) is 1. The number of pyridine rings is 1. The van der Waals surface area contributed by atoms with Crippen LogP contribution in [-0.2, 0) is 9.59 Å². The Bertz CT molecular complexity index is 629. The highest BCUT2D eigenvalue weighted by Gasteiger charge is 2.29. The number of carbonyl (C=O) groups excluding carboxylic acids is 2. The molecule has 2 aliphatic rings. The predicted molar refractivity (Wildman–Crippen MR) is 94.0 cm³/mol. The van der Waals surface area contributed by atoms with Gasteiger partial charge in [-0.1, -0.05) is 19.8 Å². The van der Waals surface area contributed by atoms with Crippen molar-refractivity contribution in [1.82, 2.24) is 10.3 Å². The largest absolute Gasteiger partial charge is 0.480 e. The van der Waals surface area contributed by atoms with Crippen molar-refractivity contribution in [1.29, 1.82) is 0 Å². The molecule has 1 aromatic heterocycles. The molecule has 25 heavy (non-hydrogen) atoms. The normalized spacial score (nSPS) is 27.4. The predicted octanol–water partition coefficient (Wildman–Crippen LogP) is 1.44. The number of rotatable bonds is 5. The van der Waals surface area contributed by atoms with Gasteiger partial charge in [0.15, 0.2) is 6.10 Å². The second kappa shape index (κ2) is 7.82. The van der Waals surface area contributed by atoms with Crippen molar-refractivity contribution in [3.63, 3.8) is 0 Å². The minimum absolute atomic E-state index is 0.115. The summed E-state index contributed by atoms with van der Waals surface area (Å²) in [6, 6.07) is 2.77. The van der Waals surface area contributed by atoms with E-state index in [1.54, 1.807) is 18.3 Å². The summed E-state index contributed by atoms with van der Waals surface area (Å²) in [6.07, 6.45) is 5.91. The second-order valence-corrected chi connectivity index (χ2v) is 7.10. The van der Waals surface area contributed by atoms with Crippen LogP contribution < -0.4 is 21.1 Å². The molecule has 2 heterocycles. The first-order valence-electron chi connectivity index (χ1n) is 9.00. The molecule has 7 heteroatoms. The molecule has 0 bridgehead atoms. The molecule has 0 aromatic carbocycles. The third kappa shape index (κ3) is 4.48. The number of aromatic nitrogens is 1. The quantitative estimate of drug-likeness (QED) is 0.748. The molecule has 0 spiro atoms. The number of nitrogens with one attached hydrogen (secondary N) is 2. The number of hydrogen-bond donors (Lipinski definition) is 3. The van der Waals surface area contributed by atoms with Gasteiger partial charge in [0, 0.05) is 25.2 Å². The third-order valence-corrected chi connectivity index (χ3v) is 5.13. The maximum Gasteiger partial charge on any atom is 0.261 e. The van der Waals surface area contributed by atoms with Crippen LogP contribution in [0.5, 0.6) is 5.75 Å². The van der Waals surface area contributed by atoms with Crippen LogP contribution in [0.25, 0.3) is 0 Å². The second-order valence-electron chi connectivity index (χ2n) is 7.10. The lowest BCUT2D eigenvalue weighted by molar-refractivity contribution is -0.125. The van der Waals surface area contributed by atoms with Gasteiger partial charge in [0.05, 0.1) is 6.04 Å². The van der Waals surface area contributed by atoms with E-state index in [9.17, 15) is 9.59 Å². The van der Waals surface area contributed by atoms with Gasteiger partial charge in [-0.25, -0.2) is 4.98 Å². The maximum atomic E-state index is 12.4. The van der Waals surface area contributed by atoms with E-state index >= 15 is 0 Å². The Morgan fingerprint density at radius 1 is 1.36 bits per heavy atom. The number of nitrogens with two attached hydrogens (primary N) is 1. The summed E-state index contributed by atoms with van der Waals surface area (Å²) in [6.45, 7) is 2.86. The molecule has 2 fully saturated rings. The molecule has 4 N–H and O–H groups in total. The third-order valence-electron chi connectivity index (χ3n) is 5.13. The number of carbonyl (C=O) groups is 2. The van der Waals surface area contributed by atoms with Crippen LogP contribution >= 0.6 is 0 Å².